The predicted molar refractivity (Wildman–Crippen MR) is 122 cm³/mol. The van der Waals surface area contributed by atoms with Gasteiger partial charge < -0.3 is 15.6 Å². The third-order valence-electron chi connectivity index (χ3n) is 7.95. The van der Waals surface area contributed by atoms with E-state index in [-0.39, 0.29) is 12.1 Å². The normalized spacial score (nSPS) is 32.3. The molecule has 8 heteroatoms. The molecule has 2 aliphatic heterocycles. The first-order valence-electron chi connectivity index (χ1n) is 11.9. The predicted octanol–water partition coefficient (Wildman–Crippen LogP) is 2.06. The summed E-state index contributed by atoms with van der Waals surface area (Å²) < 4.78 is 5.51. The van der Waals surface area contributed by atoms with E-state index in [4.69, 9.17) is 20.4 Å². The summed E-state index contributed by atoms with van der Waals surface area (Å²) in [5.74, 6) is 2.74. The molecule has 0 spiro atoms. The number of aryl methyl sites for hydroxylation is 2. The number of aromatic nitrogens is 2. The Morgan fingerprint density at radius 2 is 1.84 bits per heavy atom. The molecule has 168 valence electrons. The Kier molecular flexibility index (Phi) is 5.39. The second kappa shape index (κ2) is 8.23. The number of ether oxygens (including phenoxy) is 1. The molecule has 2 saturated heterocycles. The Hall–Kier alpha value is -1.32. The molecule has 2 aliphatic carbocycles. The number of rotatable bonds is 3. The van der Waals surface area contributed by atoms with E-state index in [0.29, 0.717) is 17.7 Å². The number of nitrogens with zero attached hydrogens (tertiary/aromatic N) is 4. The summed E-state index contributed by atoms with van der Waals surface area (Å²) in [5.41, 5.74) is 7.83. The molecule has 0 radical (unpaired) electrons. The Balaban J connectivity index is 1.16. The van der Waals surface area contributed by atoms with Crippen LogP contribution in [0.3, 0.4) is 0 Å². The van der Waals surface area contributed by atoms with Crippen molar-refractivity contribution in [2.45, 2.75) is 57.2 Å². The molecule has 31 heavy (non-hydrogen) atoms. The lowest BCUT2D eigenvalue weighted by Gasteiger charge is -2.43. The van der Waals surface area contributed by atoms with Gasteiger partial charge in [-0.2, -0.15) is 0 Å². The molecule has 3 fully saturated rings. The molecule has 0 bridgehead atoms. The van der Waals surface area contributed by atoms with Crippen molar-refractivity contribution in [3.63, 3.8) is 0 Å². The van der Waals surface area contributed by atoms with Crippen molar-refractivity contribution in [1.29, 1.82) is 0 Å². The van der Waals surface area contributed by atoms with Gasteiger partial charge in [0.05, 0.1) is 31.2 Å². The Morgan fingerprint density at radius 3 is 2.68 bits per heavy atom. The number of aliphatic hydroxyl groups is 1. The van der Waals surface area contributed by atoms with Crippen molar-refractivity contribution in [2.24, 2.45) is 11.8 Å². The highest BCUT2D eigenvalue weighted by molar-refractivity contribution is 7.19. The van der Waals surface area contributed by atoms with Crippen molar-refractivity contribution in [2.75, 3.05) is 45.1 Å². The molecule has 1 saturated carbocycles. The Bertz CT molecular complexity index is 959. The van der Waals surface area contributed by atoms with Crippen LogP contribution in [0.5, 0.6) is 0 Å². The molecule has 4 aliphatic rings. The summed E-state index contributed by atoms with van der Waals surface area (Å²) in [6.45, 7) is 6.32. The van der Waals surface area contributed by atoms with E-state index < -0.39 is 0 Å². The summed E-state index contributed by atoms with van der Waals surface area (Å²) in [7, 11) is 0. The first-order valence-corrected chi connectivity index (χ1v) is 12.8. The van der Waals surface area contributed by atoms with E-state index in [1.807, 2.05) is 11.3 Å². The summed E-state index contributed by atoms with van der Waals surface area (Å²) in [6, 6.07) is 0.283. The lowest BCUT2D eigenvalue weighted by Crippen LogP contribution is -2.53. The second-order valence-corrected chi connectivity index (χ2v) is 11.0. The maximum Gasteiger partial charge on any atom is 0.146 e. The highest BCUT2D eigenvalue weighted by Crippen LogP contribution is 2.40. The summed E-state index contributed by atoms with van der Waals surface area (Å²) in [4.78, 5) is 17.1. The van der Waals surface area contributed by atoms with Crippen LogP contribution in [0, 0.1) is 11.8 Å². The van der Waals surface area contributed by atoms with Gasteiger partial charge in [0.25, 0.3) is 0 Å². The Labute approximate surface area is 187 Å². The zero-order valence-electron chi connectivity index (χ0n) is 18.1. The topological polar surface area (TPSA) is 87.7 Å². The van der Waals surface area contributed by atoms with Crippen LogP contribution in [0.4, 0.5) is 5.82 Å². The van der Waals surface area contributed by atoms with Crippen molar-refractivity contribution in [1.82, 2.24) is 19.8 Å². The zero-order chi connectivity index (χ0) is 20.9. The average molecular weight is 444 g/mol. The average Bonchev–Trinajstić information content (AvgIpc) is 3.33. The van der Waals surface area contributed by atoms with E-state index in [1.54, 1.807) is 0 Å². The highest BCUT2D eigenvalue weighted by atomic mass is 32.1. The van der Waals surface area contributed by atoms with Gasteiger partial charge in [0.1, 0.15) is 16.5 Å². The number of nitrogens with two attached hydrogens (primary N) is 1. The fourth-order valence-corrected chi connectivity index (χ4v) is 7.73. The van der Waals surface area contributed by atoms with Crippen LogP contribution in [0.15, 0.2) is 0 Å². The molecule has 4 atom stereocenters. The number of morpholine rings is 1. The molecule has 7 nitrogen and oxygen atoms in total. The quantitative estimate of drug-likeness (QED) is 0.751. The minimum absolute atomic E-state index is 0.222. The maximum atomic E-state index is 10.8. The minimum Gasteiger partial charge on any atom is -0.391 e. The number of nitrogen functional groups attached to an aromatic ring is 1. The molecular formula is C23H33N5O2S. The van der Waals surface area contributed by atoms with Gasteiger partial charge in [0.15, 0.2) is 0 Å². The van der Waals surface area contributed by atoms with Gasteiger partial charge in [-0.1, -0.05) is 0 Å². The van der Waals surface area contributed by atoms with Crippen LogP contribution >= 0.6 is 11.3 Å². The van der Waals surface area contributed by atoms with Gasteiger partial charge in [-0.05, 0) is 55.9 Å². The largest absolute Gasteiger partial charge is 0.391 e. The number of likely N-dealkylation sites (tertiary alicyclic amines) is 1. The van der Waals surface area contributed by atoms with E-state index in [1.165, 1.54) is 23.3 Å². The van der Waals surface area contributed by atoms with Crippen LogP contribution in [0.25, 0.3) is 10.2 Å². The van der Waals surface area contributed by atoms with Gasteiger partial charge in [0, 0.05) is 37.1 Å². The molecule has 4 heterocycles. The molecule has 3 N–H and O–H groups in total. The fourth-order valence-electron chi connectivity index (χ4n) is 6.44. The van der Waals surface area contributed by atoms with E-state index in [9.17, 15) is 5.11 Å². The van der Waals surface area contributed by atoms with Crippen LogP contribution in [0.2, 0.25) is 0 Å². The zero-order valence-corrected chi connectivity index (χ0v) is 18.9. The molecular weight excluding hydrogens is 410 g/mol. The monoisotopic (exact) mass is 443 g/mol. The lowest BCUT2D eigenvalue weighted by atomic mass is 9.77. The SMILES string of the molecule is Nc1nc(CN2C[C@H]3C[C@@H](N4CCOCC4)[C@H](O)C[C@H]3C2)nc2sc3c(c12)CCCC3. The van der Waals surface area contributed by atoms with Crippen molar-refractivity contribution in [3.8, 4) is 0 Å². The van der Waals surface area contributed by atoms with Gasteiger partial charge in [0.2, 0.25) is 0 Å². The third-order valence-corrected chi connectivity index (χ3v) is 9.14. The molecule has 6 rings (SSSR count). The molecule has 0 unspecified atom stereocenters. The van der Waals surface area contributed by atoms with Crippen LogP contribution < -0.4 is 5.73 Å². The smallest absolute Gasteiger partial charge is 0.146 e. The van der Waals surface area contributed by atoms with E-state index >= 15 is 0 Å². The minimum atomic E-state index is -0.222. The molecule has 0 aromatic carbocycles. The number of hydrogen-bond donors (Lipinski definition) is 2. The number of aliphatic hydroxyl groups excluding tert-OH is 1. The van der Waals surface area contributed by atoms with E-state index in [2.05, 4.69) is 9.80 Å². The lowest BCUT2D eigenvalue weighted by molar-refractivity contribution is -0.0520. The van der Waals surface area contributed by atoms with Crippen LogP contribution in [0.1, 0.15) is 41.9 Å². The Morgan fingerprint density at radius 1 is 1.06 bits per heavy atom. The van der Waals surface area contributed by atoms with Gasteiger partial charge in [-0.15, -0.1) is 11.3 Å². The van der Waals surface area contributed by atoms with Gasteiger partial charge in [-0.25, -0.2) is 9.97 Å². The summed E-state index contributed by atoms with van der Waals surface area (Å²) >= 11 is 1.82. The highest BCUT2D eigenvalue weighted by Gasteiger charge is 2.43. The second-order valence-electron chi connectivity index (χ2n) is 9.88. The van der Waals surface area contributed by atoms with Crippen molar-refractivity contribution in [3.05, 3.63) is 16.3 Å². The standard InChI is InChI=1S/C23H33N5O2S/c24-22-21-16-3-1-2-4-19(16)31-23(21)26-20(25-22)13-27-11-14-9-17(18(29)10-15(14)12-27)28-5-7-30-8-6-28/h14-15,17-18,29H,1-13H2,(H2,24,25,26)/t14-,15+,17-,18-/m1/s1. The molecule has 0 amide bonds. The van der Waals surface area contributed by atoms with Crippen LogP contribution in [-0.4, -0.2) is 76.4 Å². The first-order chi connectivity index (χ1) is 15.2. The molecule has 2 aromatic heterocycles. The number of anilines is 1. The number of fused-ring (bicyclic) bond motifs is 4. The molecule has 2 aromatic rings. The van der Waals surface area contributed by atoms with Gasteiger partial charge >= 0.3 is 0 Å². The maximum absolute atomic E-state index is 10.8. The van der Waals surface area contributed by atoms with Crippen LogP contribution in [-0.2, 0) is 24.1 Å². The first kappa shape index (κ1) is 20.3. The van der Waals surface area contributed by atoms with Crippen molar-refractivity contribution >= 4 is 27.4 Å². The number of hydrogen-bond acceptors (Lipinski definition) is 8. The third kappa shape index (κ3) is 3.76. The summed E-state index contributed by atoms with van der Waals surface area (Å²) in [6.07, 6.45) is 6.56. The van der Waals surface area contributed by atoms with Crippen molar-refractivity contribution < 1.29 is 9.84 Å². The number of thiophene rings is 1. The fraction of sp³-hybridized carbons (Fsp3) is 0.739. The van der Waals surface area contributed by atoms with E-state index in [0.717, 1.165) is 87.7 Å². The van der Waals surface area contributed by atoms with Gasteiger partial charge in [-0.3, -0.25) is 9.80 Å². The summed E-state index contributed by atoms with van der Waals surface area (Å²) in [5, 5.41) is 12.0.